The van der Waals surface area contributed by atoms with Crippen molar-refractivity contribution < 1.29 is 8.42 Å². The van der Waals surface area contributed by atoms with Crippen molar-refractivity contribution >= 4 is 27.0 Å². The Labute approximate surface area is 97.8 Å². The fourth-order valence-corrected chi connectivity index (χ4v) is 4.37. The van der Waals surface area contributed by atoms with Crippen molar-refractivity contribution in [2.45, 2.75) is 10.6 Å². The first-order chi connectivity index (χ1) is 7.67. The highest BCUT2D eigenvalue weighted by atomic mass is 32.2. The Morgan fingerprint density at radius 2 is 1.94 bits per heavy atom. The van der Waals surface area contributed by atoms with Gasteiger partial charge in [-0.25, -0.2) is 8.42 Å². The lowest BCUT2D eigenvalue weighted by atomic mass is 10.1. The summed E-state index contributed by atoms with van der Waals surface area (Å²) < 4.78 is 27.1. The van der Waals surface area contributed by atoms with E-state index in [2.05, 4.69) is 4.72 Å². The van der Waals surface area contributed by atoms with E-state index in [9.17, 15) is 8.42 Å². The maximum Gasteiger partial charge on any atom is 0.271 e. The summed E-state index contributed by atoms with van der Waals surface area (Å²) in [4.78, 5) is 0. The summed E-state index contributed by atoms with van der Waals surface area (Å²) in [5.41, 5.74) is 2.58. The van der Waals surface area contributed by atoms with Crippen LogP contribution in [0.5, 0.6) is 0 Å². The molecular weight excluding hydrogens is 242 g/mol. The molecule has 5 heteroatoms. The molecule has 3 nitrogen and oxygen atoms in total. The van der Waals surface area contributed by atoms with Crippen molar-refractivity contribution in [1.82, 2.24) is 0 Å². The van der Waals surface area contributed by atoms with Gasteiger partial charge in [-0.15, -0.1) is 11.3 Å². The molecule has 0 bridgehead atoms. The number of anilines is 1. The minimum absolute atomic E-state index is 0.434. The third-order valence-corrected chi connectivity index (χ3v) is 5.53. The molecule has 2 aromatic rings. The fraction of sp³-hybridized carbons (Fsp3) is 0.0909. The van der Waals surface area contributed by atoms with Crippen molar-refractivity contribution in [1.29, 1.82) is 0 Å². The highest BCUT2D eigenvalue weighted by Crippen LogP contribution is 2.32. The molecule has 1 aliphatic rings. The molecule has 0 unspecified atom stereocenters. The summed E-state index contributed by atoms with van der Waals surface area (Å²) in [6.07, 6.45) is 0.668. The summed E-state index contributed by atoms with van der Waals surface area (Å²) in [6, 6.07) is 9.38. The molecule has 1 aliphatic heterocycles. The molecule has 2 heterocycles. The van der Waals surface area contributed by atoms with Crippen LogP contribution < -0.4 is 4.72 Å². The molecular formula is C11H9NO2S2. The normalized spacial score (nSPS) is 16.8. The first kappa shape index (κ1) is 9.86. The molecule has 0 spiro atoms. The van der Waals surface area contributed by atoms with Gasteiger partial charge in [0, 0.05) is 6.42 Å². The van der Waals surface area contributed by atoms with E-state index in [-0.39, 0.29) is 0 Å². The van der Waals surface area contributed by atoms with E-state index in [1.54, 1.807) is 6.07 Å². The number of nitrogens with one attached hydrogen (secondary N) is 1. The van der Waals surface area contributed by atoms with Gasteiger partial charge in [-0.1, -0.05) is 18.2 Å². The zero-order valence-corrected chi connectivity index (χ0v) is 9.94. The Hall–Kier alpha value is -1.33. The maximum atomic E-state index is 12.0. The second-order valence-electron chi connectivity index (χ2n) is 3.67. The third kappa shape index (κ3) is 1.44. The van der Waals surface area contributed by atoms with Gasteiger partial charge >= 0.3 is 0 Å². The van der Waals surface area contributed by atoms with Crippen LogP contribution in [0.2, 0.25) is 0 Å². The second kappa shape index (κ2) is 3.33. The number of thiophene rings is 1. The highest BCUT2D eigenvalue weighted by Gasteiger charge is 2.25. The van der Waals surface area contributed by atoms with Gasteiger partial charge in [0.05, 0.1) is 5.69 Å². The summed E-state index contributed by atoms with van der Waals surface area (Å²) >= 11 is 1.27. The molecule has 1 N–H and O–H groups in total. The molecule has 0 saturated carbocycles. The van der Waals surface area contributed by atoms with Gasteiger partial charge in [0.1, 0.15) is 4.21 Å². The van der Waals surface area contributed by atoms with Gasteiger partial charge in [0.25, 0.3) is 10.0 Å². The first-order valence-electron chi connectivity index (χ1n) is 4.84. The maximum absolute atomic E-state index is 12.0. The van der Waals surface area contributed by atoms with E-state index in [0.29, 0.717) is 16.3 Å². The van der Waals surface area contributed by atoms with E-state index < -0.39 is 10.0 Å². The van der Waals surface area contributed by atoms with Crippen molar-refractivity contribution in [2.24, 2.45) is 0 Å². The van der Waals surface area contributed by atoms with Crippen molar-refractivity contribution in [3.63, 3.8) is 0 Å². The highest BCUT2D eigenvalue weighted by molar-refractivity contribution is 7.94. The lowest BCUT2D eigenvalue weighted by Gasteiger charge is -2.06. The van der Waals surface area contributed by atoms with Gasteiger partial charge in [0.2, 0.25) is 0 Å². The van der Waals surface area contributed by atoms with Gasteiger partial charge in [-0.05, 0) is 28.6 Å². The Kier molecular flexibility index (Phi) is 2.05. The summed E-state index contributed by atoms with van der Waals surface area (Å²) in [5, 5.41) is 1.82. The SMILES string of the molecule is O=S1(=O)Nc2ccccc2Cc2ccsc21. The van der Waals surface area contributed by atoms with Gasteiger partial charge in [-0.2, -0.15) is 0 Å². The molecule has 1 aromatic heterocycles. The number of benzene rings is 1. The minimum atomic E-state index is -3.38. The predicted octanol–water partition coefficient (Wildman–Crippen LogP) is 2.45. The monoisotopic (exact) mass is 251 g/mol. The Morgan fingerprint density at radius 3 is 2.81 bits per heavy atom. The summed E-state index contributed by atoms with van der Waals surface area (Å²) in [5.74, 6) is 0. The quantitative estimate of drug-likeness (QED) is 0.781. The van der Waals surface area contributed by atoms with Gasteiger partial charge in [-0.3, -0.25) is 4.72 Å². The third-order valence-electron chi connectivity index (χ3n) is 2.59. The summed E-state index contributed by atoms with van der Waals surface area (Å²) in [6.45, 7) is 0. The molecule has 0 amide bonds. The molecule has 3 rings (SSSR count). The van der Waals surface area contributed by atoms with Crippen LogP contribution in [0, 0.1) is 0 Å². The van der Waals surface area contributed by atoms with E-state index in [1.807, 2.05) is 29.6 Å². The molecule has 82 valence electrons. The Bertz CT molecular complexity index is 644. The Morgan fingerprint density at radius 1 is 1.12 bits per heavy atom. The van der Waals surface area contributed by atoms with E-state index in [4.69, 9.17) is 0 Å². The van der Waals surface area contributed by atoms with Crippen LogP contribution in [0.4, 0.5) is 5.69 Å². The molecule has 0 atom stereocenters. The van der Waals surface area contributed by atoms with Crippen LogP contribution in [-0.4, -0.2) is 8.42 Å². The lowest BCUT2D eigenvalue weighted by molar-refractivity contribution is 0.603. The van der Waals surface area contributed by atoms with E-state index in [1.165, 1.54) is 11.3 Å². The smallest absolute Gasteiger partial charge is 0.271 e. The molecule has 0 radical (unpaired) electrons. The lowest BCUT2D eigenvalue weighted by Crippen LogP contribution is -2.11. The van der Waals surface area contributed by atoms with Gasteiger partial charge in [0.15, 0.2) is 0 Å². The van der Waals surface area contributed by atoms with Crippen molar-refractivity contribution in [3.8, 4) is 0 Å². The average molecular weight is 251 g/mol. The molecule has 1 aromatic carbocycles. The minimum Gasteiger partial charge on any atom is -0.279 e. The predicted molar refractivity (Wildman–Crippen MR) is 64.4 cm³/mol. The standard InChI is InChI=1S/C11H9NO2S2/c13-16(14)11-9(5-6-15-11)7-8-3-1-2-4-10(8)12-16/h1-6,12H,7H2. The number of hydrogen-bond acceptors (Lipinski definition) is 3. The van der Waals surface area contributed by atoms with Crippen LogP contribution in [0.1, 0.15) is 11.1 Å². The molecule has 0 aliphatic carbocycles. The number of sulfonamides is 1. The van der Waals surface area contributed by atoms with E-state index in [0.717, 1.165) is 11.1 Å². The largest absolute Gasteiger partial charge is 0.279 e. The first-order valence-corrected chi connectivity index (χ1v) is 7.20. The van der Waals surface area contributed by atoms with Crippen molar-refractivity contribution in [2.75, 3.05) is 4.72 Å². The molecule has 0 fully saturated rings. The number of hydrogen-bond donors (Lipinski definition) is 1. The number of rotatable bonds is 0. The van der Waals surface area contributed by atoms with Crippen LogP contribution in [0.3, 0.4) is 0 Å². The fourth-order valence-electron chi connectivity index (χ4n) is 1.86. The van der Waals surface area contributed by atoms with Gasteiger partial charge < -0.3 is 0 Å². The number of fused-ring (bicyclic) bond motifs is 2. The zero-order chi connectivity index (χ0) is 11.2. The second-order valence-corrected chi connectivity index (χ2v) is 6.47. The summed E-state index contributed by atoms with van der Waals surface area (Å²) in [7, 11) is -3.38. The van der Waals surface area contributed by atoms with Crippen LogP contribution >= 0.6 is 11.3 Å². The van der Waals surface area contributed by atoms with Crippen molar-refractivity contribution in [3.05, 3.63) is 46.8 Å². The topological polar surface area (TPSA) is 46.2 Å². The number of para-hydroxylation sites is 1. The van der Waals surface area contributed by atoms with Crippen LogP contribution in [0.15, 0.2) is 39.9 Å². The van der Waals surface area contributed by atoms with E-state index >= 15 is 0 Å². The molecule has 0 saturated heterocycles. The van der Waals surface area contributed by atoms with Crippen LogP contribution in [0.25, 0.3) is 0 Å². The Balaban J connectivity index is 2.28. The molecule has 16 heavy (non-hydrogen) atoms. The average Bonchev–Trinajstić information content (AvgIpc) is 2.66. The zero-order valence-electron chi connectivity index (χ0n) is 8.30. The van der Waals surface area contributed by atoms with Crippen LogP contribution in [-0.2, 0) is 16.4 Å².